The van der Waals surface area contributed by atoms with Gasteiger partial charge in [0.2, 0.25) is 0 Å². The molecule has 0 spiro atoms. The molecule has 2 aromatic rings. The lowest BCUT2D eigenvalue weighted by atomic mass is 9.99. The maximum Gasteiger partial charge on any atom is 0.124 e. The highest BCUT2D eigenvalue weighted by Gasteiger charge is 2.26. The molecule has 2 atom stereocenters. The van der Waals surface area contributed by atoms with Crippen molar-refractivity contribution < 1.29 is 8.95 Å². The average molecular weight is 317 g/mol. The average Bonchev–Trinajstić information content (AvgIpc) is 2.52. The standard InChI is InChI=1S/C18H23NO2S/c1-18(2,3)22(20)19-17(14-10-6-5-7-11-14)15-12-8-9-13-16(15)21-4/h5-13,17,19H,1-4H3/t17-,22-/m1/s1. The first-order valence-electron chi connectivity index (χ1n) is 7.29. The summed E-state index contributed by atoms with van der Waals surface area (Å²) in [5, 5.41) is 0. The van der Waals surface area contributed by atoms with Crippen LogP contribution in [0.2, 0.25) is 0 Å². The minimum absolute atomic E-state index is 0.183. The van der Waals surface area contributed by atoms with E-state index < -0.39 is 11.0 Å². The van der Waals surface area contributed by atoms with Crippen LogP contribution in [0.4, 0.5) is 0 Å². The van der Waals surface area contributed by atoms with Crippen molar-refractivity contribution in [2.24, 2.45) is 0 Å². The summed E-state index contributed by atoms with van der Waals surface area (Å²) in [5.74, 6) is 0.787. The fourth-order valence-electron chi connectivity index (χ4n) is 2.15. The number of para-hydroxylation sites is 1. The molecule has 0 unspecified atom stereocenters. The number of hydrogen-bond acceptors (Lipinski definition) is 2. The molecule has 118 valence electrons. The highest BCUT2D eigenvalue weighted by atomic mass is 32.2. The van der Waals surface area contributed by atoms with Gasteiger partial charge in [0.25, 0.3) is 0 Å². The summed E-state index contributed by atoms with van der Waals surface area (Å²) in [6.07, 6.45) is 0. The van der Waals surface area contributed by atoms with Crippen molar-refractivity contribution in [1.82, 2.24) is 4.72 Å². The van der Waals surface area contributed by atoms with Crippen molar-refractivity contribution in [3.63, 3.8) is 0 Å². The monoisotopic (exact) mass is 317 g/mol. The maximum atomic E-state index is 12.6. The van der Waals surface area contributed by atoms with E-state index in [1.165, 1.54) is 0 Å². The molecule has 0 aromatic heterocycles. The predicted molar refractivity (Wildman–Crippen MR) is 92.3 cm³/mol. The molecule has 22 heavy (non-hydrogen) atoms. The molecule has 1 N–H and O–H groups in total. The number of benzene rings is 2. The molecule has 0 aliphatic rings. The lowest BCUT2D eigenvalue weighted by molar-refractivity contribution is 0.407. The van der Waals surface area contributed by atoms with Crippen LogP contribution in [-0.4, -0.2) is 16.1 Å². The molecule has 2 aromatic carbocycles. The van der Waals surface area contributed by atoms with E-state index in [0.29, 0.717) is 0 Å². The van der Waals surface area contributed by atoms with Crippen LogP contribution in [-0.2, 0) is 11.0 Å². The van der Waals surface area contributed by atoms with Crippen LogP contribution in [0.1, 0.15) is 37.9 Å². The predicted octanol–water partition coefficient (Wildman–Crippen LogP) is 3.84. The maximum absolute atomic E-state index is 12.6. The minimum atomic E-state index is -1.18. The Balaban J connectivity index is 2.45. The van der Waals surface area contributed by atoms with Gasteiger partial charge in [0.1, 0.15) is 5.75 Å². The van der Waals surface area contributed by atoms with Gasteiger partial charge in [-0.1, -0.05) is 48.5 Å². The molecule has 0 fully saturated rings. The van der Waals surface area contributed by atoms with Gasteiger partial charge in [-0.25, -0.2) is 8.93 Å². The van der Waals surface area contributed by atoms with E-state index in [1.54, 1.807) is 7.11 Å². The van der Waals surface area contributed by atoms with Crippen molar-refractivity contribution in [3.05, 3.63) is 65.7 Å². The molecular formula is C18H23NO2S. The lowest BCUT2D eigenvalue weighted by Crippen LogP contribution is -2.36. The minimum Gasteiger partial charge on any atom is -0.496 e. The van der Waals surface area contributed by atoms with Crippen molar-refractivity contribution in [2.75, 3.05) is 7.11 Å². The van der Waals surface area contributed by atoms with Crippen molar-refractivity contribution in [2.45, 2.75) is 31.6 Å². The van der Waals surface area contributed by atoms with Crippen LogP contribution < -0.4 is 9.46 Å². The number of methoxy groups -OCH3 is 1. The highest BCUT2D eigenvalue weighted by Crippen LogP contribution is 2.31. The first-order chi connectivity index (χ1) is 10.4. The Morgan fingerprint density at radius 1 is 1.00 bits per heavy atom. The molecule has 0 heterocycles. The van der Waals surface area contributed by atoms with E-state index in [0.717, 1.165) is 16.9 Å². The Bertz CT molecular complexity index is 635. The second-order valence-corrected chi connectivity index (χ2v) is 8.08. The summed E-state index contributed by atoms with van der Waals surface area (Å²) in [5.41, 5.74) is 2.04. The Morgan fingerprint density at radius 2 is 1.59 bits per heavy atom. The summed E-state index contributed by atoms with van der Waals surface area (Å²) < 4.78 is 21.0. The van der Waals surface area contributed by atoms with Gasteiger partial charge in [-0.2, -0.15) is 0 Å². The summed E-state index contributed by atoms with van der Waals surface area (Å²) in [4.78, 5) is 0. The third-order valence-corrected chi connectivity index (χ3v) is 4.93. The molecule has 0 bridgehead atoms. The van der Waals surface area contributed by atoms with Crippen LogP contribution in [0.25, 0.3) is 0 Å². The molecule has 4 heteroatoms. The van der Waals surface area contributed by atoms with Crippen molar-refractivity contribution >= 4 is 11.0 Å². The van der Waals surface area contributed by atoms with Crippen LogP contribution in [0.3, 0.4) is 0 Å². The third-order valence-electron chi connectivity index (χ3n) is 3.36. The Labute approximate surface area is 135 Å². The topological polar surface area (TPSA) is 38.3 Å². The van der Waals surface area contributed by atoms with E-state index in [2.05, 4.69) is 4.72 Å². The molecular weight excluding hydrogens is 294 g/mol. The van der Waals surface area contributed by atoms with Gasteiger partial charge in [-0.15, -0.1) is 0 Å². The molecule has 0 aliphatic carbocycles. The van der Waals surface area contributed by atoms with Gasteiger partial charge in [0.15, 0.2) is 0 Å². The van der Waals surface area contributed by atoms with Gasteiger partial charge in [0, 0.05) is 5.56 Å². The zero-order valence-electron chi connectivity index (χ0n) is 13.5. The van der Waals surface area contributed by atoms with Gasteiger partial charge < -0.3 is 4.74 Å². The number of nitrogens with one attached hydrogen (secondary N) is 1. The Kier molecular flexibility index (Phi) is 5.37. The first kappa shape index (κ1) is 16.7. The quantitative estimate of drug-likeness (QED) is 0.910. The van der Waals surface area contributed by atoms with Gasteiger partial charge >= 0.3 is 0 Å². The van der Waals surface area contributed by atoms with E-state index in [-0.39, 0.29) is 10.8 Å². The van der Waals surface area contributed by atoms with E-state index in [9.17, 15) is 4.21 Å². The third kappa shape index (κ3) is 3.96. The molecule has 0 aliphatic heterocycles. The zero-order chi connectivity index (χ0) is 16.2. The van der Waals surface area contributed by atoms with Crippen LogP contribution >= 0.6 is 0 Å². The molecule has 2 rings (SSSR count). The fourth-order valence-corrected chi connectivity index (χ4v) is 2.98. The molecule has 0 radical (unpaired) electrons. The van der Waals surface area contributed by atoms with Gasteiger partial charge in [-0.3, -0.25) is 0 Å². The summed E-state index contributed by atoms with van der Waals surface area (Å²) in [6.45, 7) is 5.88. The number of rotatable bonds is 5. The first-order valence-corrected chi connectivity index (χ1v) is 8.44. The Morgan fingerprint density at radius 3 is 2.18 bits per heavy atom. The smallest absolute Gasteiger partial charge is 0.124 e. The van der Waals surface area contributed by atoms with Crippen molar-refractivity contribution in [1.29, 1.82) is 0 Å². The van der Waals surface area contributed by atoms with Crippen molar-refractivity contribution in [3.8, 4) is 5.75 Å². The van der Waals surface area contributed by atoms with Gasteiger partial charge in [0.05, 0.1) is 28.9 Å². The lowest BCUT2D eigenvalue weighted by Gasteiger charge is -2.26. The summed E-state index contributed by atoms with van der Waals surface area (Å²) in [6, 6.07) is 17.7. The van der Waals surface area contributed by atoms with Crippen LogP contribution in [0.5, 0.6) is 5.75 Å². The molecule has 0 saturated carbocycles. The van der Waals surface area contributed by atoms with E-state index >= 15 is 0 Å². The fraction of sp³-hybridized carbons (Fsp3) is 0.333. The normalized spacial score (nSPS) is 14.4. The number of hydrogen-bond donors (Lipinski definition) is 1. The van der Waals surface area contributed by atoms with E-state index in [4.69, 9.17) is 4.74 Å². The largest absolute Gasteiger partial charge is 0.496 e. The summed E-state index contributed by atoms with van der Waals surface area (Å²) >= 11 is 0. The Hall–Kier alpha value is -1.65. The summed E-state index contributed by atoms with van der Waals surface area (Å²) in [7, 11) is 0.470. The second-order valence-electron chi connectivity index (χ2n) is 6.08. The van der Waals surface area contributed by atoms with Crippen LogP contribution in [0.15, 0.2) is 54.6 Å². The molecule has 3 nitrogen and oxygen atoms in total. The SMILES string of the molecule is COc1ccccc1[C@H](N[S@](=O)C(C)(C)C)c1ccccc1. The van der Waals surface area contributed by atoms with Gasteiger partial charge in [-0.05, 0) is 32.4 Å². The second kappa shape index (κ2) is 7.07. The van der Waals surface area contributed by atoms with Crippen LogP contribution in [0, 0.1) is 0 Å². The molecule has 0 amide bonds. The number of ether oxygens (including phenoxy) is 1. The van der Waals surface area contributed by atoms with E-state index in [1.807, 2.05) is 75.4 Å². The highest BCUT2D eigenvalue weighted by molar-refractivity contribution is 7.84. The molecule has 0 saturated heterocycles. The zero-order valence-corrected chi connectivity index (χ0v) is 14.3.